The number of nitrogens with zero attached hydrogens (tertiary/aromatic N) is 2. The lowest BCUT2D eigenvalue weighted by Crippen LogP contribution is -2.24. The van der Waals surface area contributed by atoms with Crippen LogP contribution in [0.3, 0.4) is 0 Å². The van der Waals surface area contributed by atoms with Crippen LogP contribution in [-0.2, 0) is 23.0 Å². The van der Waals surface area contributed by atoms with Crippen LogP contribution in [0.15, 0.2) is 6.20 Å². The number of hydrogen-bond acceptors (Lipinski definition) is 4. The molecule has 5 heteroatoms. The Labute approximate surface area is 114 Å². The molecule has 1 rings (SSSR count). The van der Waals surface area contributed by atoms with Gasteiger partial charge in [0, 0.05) is 18.8 Å². The van der Waals surface area contributed by atoms with Crippen molar-refractivity contribution in [1.29, 1.82) is 0 Å². The molecule has 0 bridgehead atoms. The molecule has 0 saturated carbocycles. The van der Waals surface area contributed by atoms with Crippen molar-refractivity contribution in [3.05, 3.63) is 17.5 Å². The van der Waals surface area contributed by atoms with Gasteiger partial charge in [0.05, 0.1) is 24.8 Å². The molecule has 2 atom stereocenters. The first-order valence-corrected chi connectivity index (χ1v) is 6.83. The molecule has 19 heavy (non-hydrogen) atoms. The number of carbonyl (C=O) groups excluding carboxylic acids is 1. The summed E-state index contributed by atoms with van der Waals surface area (Å²) in [7, 11) is 3.17. The van der Waals surface area contributed by atoms with Gasteiger partial charge in [0.1, 0.15) is 0 Å². The molecule has 5 nitrogen and oxygen atoms in total. The molecule has 1 heterocycles. The number of unbranched alkanes of at least 4 members (excludes halogenated alkanes) is 1. The van der Waals surface area contributed by atoms with Gasteiger partial charge >= 0.3 is 5.97 Å². The number of aliphatic hydroxyl groups is 1. The Morgan fingerprint density at radius 1 is 1.53 bits per heavy atom. The molecule has 0 aliphatic rings. The lowest BCUT2D eigenvalue weighted by atomic mass is 9.91. The maximum absolute atomic E-state index is 11.8. The van der Waals surface area contributed by atoms with Crippen molar-refractivity contribution in [1.82, 2.24) is 9.78 Å². The lowest BCUT2D eigenvalue weighted by molar-refractivity contribution is -0.150. The van der Waals surface area contributed by atoms with Crippen LogP contribution in [0.25, 0.3) is 0 Å². The summed E-state index contributed by atoms with van der Waals surface area (Å²) < 4.78 is 6.48. The van der Waals surface area contributed by atoms with Gasteiger partial charge in [-0.15, -0.1) is 0 Å². The van der Waals surface area contributed by atoms with E-state index >= 15 is 0 Å². The first kappa shape index (κ1) is 15.7. The van der Waals surface area contributed by atoms with E-state index in [2.05, 4.69) is 12.0 Å². The van der Waals surface area contributed by atoms with E-state index in [1.165, 1.54) is 7.11 Å². The molecule has 0 amide bonds. The number of aliphatic hydroxyl groups excluding tert-OH is 1. The zero-order valence-electron chi connectivity index (χ0n) is 12.2. The second-order valence-corrected chi connectivity index (χ2v) is 4.78. The number of carbonyl (C=O) groups is 1. The van der Waals surface area contributed by atoms with Crippen molar-refractivity contribution in [2.24, 2.45) is 13.0 Å². The fraction of sp³-hybridized carbons (Fsp3) is 0.714. The summed E-state index contributed by atoms with van der Waals surface area (Å²) in [6.45, 7) is 4.04. The number of hydrogen-bond donors (Lipinski definition) is 1. The van der Waals surface area contributed by atoms with Crippen molar-refractivity contribution < 1.29 is 14.6 Å². The summed E-state index contributed by atoms with van der Waals surface area (Å²) in [4.78, 5) is 11.8. The van der Waals surface area contributed by atoms with Gasteiger partial charge in [-0.3, -0.25) is 9.48 Å². The van der Waals surface area contributed by atoms with Crippen LogP contribution in [0.5, 0.6) is 0 Å². The Kier molecular flexibility index (Phi) is 6.02. The summed E-state index contributed by atoms with van der Waals surface area (Å²) in [5.41, 5.74) is 1.57. The molecule has 2 unspecified atom stereocenters. The number of esters is 1. The van der Waals surface area contributed by atoms with Crippen molar-refractivity contribution in [2.75, 3.05) is 7.11 Å². The number of rotatable bonds is 7. The Bertz CT molecular complexity index is 415. The summed E-state index contributed by atoms with van der Waals surface area (Å²) in [5, 5.41) is 14.8. The number of ether oxygens (including phenoxy) is 1. The van der Waals surface area contributed by atoms with Crippen molar-refractivity contribution in [2.45, 2.75) is 45.6 Å². The van der Waals surface area contributed by atoms with Crippen LogP contribution in [0.1, 0.15) is 50.5 Å². The molecular weight excluding hydrogens is 244 g/mol. The van der Waals surface area contributed by atoms with Crippen LogP contribution in [-0.4, -0.2) is 28.0 Å². The Hall–Kier alpha value is -1.36. The zero-order valence-corrected chi connectivity index (χ0v) is 12.2. The Morgan fingerprint density at radius 3 is 2.74 bits per heavy atom. The van der Waals surface area contributed by atoms with Gasteiger partial charge in [0.15, 0.2) is 0 Å². The fourth-order valence-corrected chi connectivity index (χ4v) is 2.27. The van der Waals surface area contributed by atoms with E-state index in [-0.39, 0.29) is 5.97 Å². The largest absolute Gasteiger partial charge is 0.469 e. The van der Waals surface area contributed by atoms with Crippen molar-refractivity contribution >= 4 is 5.97 Å². The van der Waals surface area contributed by atoms with Crippen molar-refractivity contribution in [3.63, 3.8) is 0 Å². The van der Waals surface area contributed by atoms with Gasteiger partial charge in [0.25, 0.3) is 0 Å². The van der Waals surface area contributed by atoms with Crippen molar-refractivity contribution in [3.8, 4) is 0 Å². The number of aryl methyl sites for hydroxylation is 2. The minimum absolute atomic E-state index is 0.355. The Morgan fingerprint density at radius 2 is 2.21 bits per heavy atom. The molecule has 1 aromatic heterocycles. The van der Waals surface area contributed by atoms with Crippen LogP contribution in [0, 0.1) is 5.92 Å². The predicted molar refractivity (Wildman–Crippen MR) is 72.6 cm³/mol. The van der Waals surface area contributed by atoms with E-state index in [1.807, 2.05) is 14.0 Å². The van der Waals surface area contributed by atoms with E-state index in [9.17, 15) is 9.90 Å². The average molecular weight is 268 g/mol. The topological polar surface area (TPSA) is 64.3 Å². The molecule has 0 aromatic carbocycles. The van der Waals surface area contributed by atoms with E-state index in [1.54, 1.807) is 10.9 Å². The van der Waals surface area contributed by atoms with Gasteiger partial charge in [0.2, 0.25) is 0 Å². The monoisotopic (exact) mass is 268 g/mol. The number of methoxy groups -OCH3 is 1. The highest BCUT2D eigenvalue weighted by atomic mass is 16.5. The maximum atomic E-state index is 11.8. The highest BCUT2D eigenvalue weighted by molar-refractivity contribution is 5.73. The molecule has 0 aliphatic heterocycles. The van der Waals surface area contributed by atoms with Crippen LogP contribution >= 0.6 is 0 Å². The van der Waals surface area contributed by atoms with Gasteiger partial charge in [-0.05, 0) is 12.8 Å². The third kappa shape index (κ3) is 3.80. The number of aromatic nitrogens is 2. The fourth-order valence-electron chi connectivity index (χ4n) is 2.27. The zero-order chi connectivity index (χ0) is 14.4. The third-order valence-corrected chi connectivity index (χ3v) is 3.34. The average Bonchev–Trinajstić information content (AvgIpc) is 2.79. The predicted octanol–water partition coefficient (Wildman–Crippen LogP) is 2.00. The molecule has 0 radical (unpaired) electrons. The van der Waals surface area contributed by atoms with E-state index in [0.29, 0.717) is 6.42 Å². The molecule has 1 aromatic rings. The maximum Gasteiger partial charge on any atom is 0.311 e. The first-order valence-electron chi connectivity index (χ1n) is 6.83. The van der Waals surface area contributed by atoms with Gasteiger partial charge in [-0.1, -0.05) is 26.7 Å². The smallest absolute Gasteiger partial charge is 0.311 e. The highest BCUT2D eigenvalue weighted by Gasteiger charge is 2.30. The van der Waals surface area contributed by atoms with Gasteiger partial charge < -0.3 is 9.84 Å². The molecule has 1 N–H and O–H groups in total. The second-order valence-electron chi connectivity index (χ2n) is 4.78. The third-order valence-electron chi connectivity index (χ3n) is 3.34. The van der Waals surface area contributed by atoms with E-state index in [4.69, 9.17) is 4.74 Å². The first-order chi connectivity index (χ1) is 9.04. The molecular formula is C14H24N2O3. The minimum atomic E-state index is -0.845. The van der Waals surface area contributed by atoms with Gasteiger partial charge in [-0.25, -0.2) is 0 Å². The van der Waals surface area contributed by atoms with Gasteiger partial charge in [-0.2, -0.15) is 5.10 Å². The Balaban J connectivity index is 2.96. The standard InChI is InChI=1S/C14H24N2O3/c1-5-7-8-10(14(18)19-4)13(17)11-9-16(3)15-12(11)6-2/h9-10,13,17H,5-8H2,1-4H3. The summed E-state index contributed by atoms with van der Waals surface area (Å²) in [6.07, 6.45) is 4.16. The molecule has 0 fully saturated rings. The molecule has 108 valence electrons. The summed E-state index contributed by atoms with van der Waals surface area (Å²) >= 11 is 0. The molecule has 0 spiro atoms. The second kappa shape index (κ2) is 7.28. The van der Waals surface area contributed by atoms with Crippen LogP contribution in [0.2, 0.25) is 0 Å². The van der Waals surface area contributed by atoms with Crippen LogP contribution < -0.4 is 0 Å². The SMILES string of the molecule is CCCCC(C(=O)OC)C(O)c1cn(C)nc1CC. The summed E-state index contributed by atoms with van der Waals surface area (Å²) in [6, 6.07) is 0. The highest BCUT2D eigenvalue weighted by Crippen LogP contribution is 2.29. The normalized spacial score (nSPS) is 14.2. The quantitative estimate of drug-likeness (QED) is 0.768. The minimum Gasteiger partial charge on any atom is -0.469 e. The lowest BCUT2D eigenvalue weighted by Gasteiger charge is -2.20. The van der Waals surface area contributed by atoms with E-state index < -0.39 is 12.0 Å². The molecule has 0 aliphatic carbocycles. The van der Waals surface area contributed by atoms with E-state index in [0.717, 1.165) is 30.5 Å². The molecule has 0 saturated heterocycles. The summed E-state index contributed by atoms with van der Waals surface area (Å²) in [5.74, 6) is -0.869. The van der Waals surface area contributed by atoms with Crippen LogP contribution in [0.4, 0.5) is 0 Å².